The van der Waals surface area contributed by atoms with Gasteiger partial charge in [0, 0.05) is 18.2 Å². The number of nitrogens with one attached hydrogen (secondary N) is 1. The van der Waals surface area contributed by atoms with Crippen LogP contribution < -0.4 is 0 Å². The average molecular weight is 320 g/mol. The summed E-state index contributed by atoms with van der Waals surface area (Å²) in [5.74, 6) is 0.107. The van der Waals surface area contributed by atoms with Crippen molar-refractivity contribution in [2.24, 2.45) is 0 Å². The third kappa shape index (κ3) is 2.89. The average Bonchev–Trinajstić information content (AvgIpc) is 3.28. The van der Waals surface area contributed by atoms with E-state index in [0.717, 1.165) is 43.3 Å². The van der Waals surface area contributed by atoms with Crippen LogP contribution in [0.15, 0.2) is 48.5 Å². The fourth-order valence-electron chi connectivity index (χ4n) is 3.52. The minimum atomic E-state index is 0.107. The summed E-state index contributed by atoms with van der Waals surface area (Å²) >= 11 is 0. The Hall–Kier alpha value is -2.69. The van der Waals surface area contributed by atoms with Crippen LogP contribution in [0.1, 0.15) is 35.2 Å². The zero-order valence-electron chi connectivity index (χ0n) is 13.5. The Labute approximate surface area is 140 Å². The summed E-state index contributed by atoms with van der Waals surface area (Å²) in [4.78, 5) is 14.9. The summed E-state index contributed by atoms with van der Waals surface area (Å²) in [6, 6.07) is 16.3. The molecule has 0 bridgehead atoms. The normalized spacial score (nSPS) is 17.5. The monoisotopic (exact) mass is 320 g/mol. The minimum Gasteiger partial charge on any atom is -0.336 e. The lowest BCUT2D eigenvalue weighted by atomic mass is 10.0. The quantitative estimate of drug-likeness (QED) is 0.803. The molecule has 4 rings (SSSR count). The number of nitrogens with zero attached hydrogens (tertiary/aromatic N) is 3. The third-order valence-corrected chi connectivity index (χ3v) is 4.81. The fourth-order valence-corrected chi connectivity index (χ4v) is 3.52. The molecule has 122 valence electrons. The van der Waals surface area contributed by atoms with E-state index in [-0.39, 0.29) is 5.91 Å². The second-order valence-electron chi connectivity index (χ2n) is 6.35. The van der Waals surface area contributed by atoms with Gasteiger partial charge in [0.15, 0.2) is 0 Å². The summed E-state index contributed by atoms with van der Waals surface area (Å²) in [6.07, 6.45) is 4.20. The number of carbonyl (C=O) groups is 1. The molecule has 1 atom stereocenters. The summed E-state index contributed by atoms with van der Waals surface area (Å²) in [5.41, 5.74) is 3.55. The van der Waals surface area contributed by atoms with Gasteiger partial charge in [-0.05, 0) is 49.4 Å². The van der Waals surface area contributed by atoms with Crippen LogP contribution in [0.5, 0.6) is 0 Å². The van der Waals surface area contributed by atoms with Crippen LogP contribution in [0.4, 0.5) is 0 Å². The second kappa shape index (κ2) is 6.43. The predicted octanol–water partition coefficient (Wildman–Crippen LogP) is 3.20. The molecule has 1 N–H and O–H groups in total. The molecule has 1 aromatic heterocycles. The molecule has 1 aliphatic rings. The molecule has 1 saturated heterocycles. The number of aromatic amines is 1. The summed E-state index contributed by atoms with van der Waals surface area (Å²) < 4.78 is 0. The largest absolute Gasteiger partial charge is 0.336 e. The molecule has 2 heterocycles. The zero-order chi connectivity index (χ0) is 16.4. The van der Waals surface area contributed by atoms with Crippen LogP contribution in [-0.4, -0.2) is 38.8 Å². The van der Waals surface area contributed by atoms with Gasteiger partial charge >= 0.3 is 0 Å². The molecular formula is C19H20N4O. The number of aryl methyl sites for hydroxylation is 1. The smallest absolute Gasteiger partial charge is 0.254 e. The van der Waals surface area contributed by atoms with Crippen molar-refractivity contribution in [3.05, 3.63) is 59.7 Å². The molecule has 1 amide bonds. The highest BCUT2D eigenvalue weighted by Crippen LogP contribution is 2.24. The van der Waals surface area contributed by atoms with Gasteiger partial charge in [0.25, 0.3) is 5.91 Å². The van der Waals surface area contributed by atoms with Crippen molar-refractivity contribution < 1.29 is 4.79 Å². The number of H-pyrrole nitrogens is 1. The predicted molar refractivity (Wildman–Crippen MR) is 92.7 cm³/mol. The second-order valence-corrected chi connectivity index (χ2v) is 6.35. The van der Waals surface area contributed by atoms with Crippen LogP contribution in [0, 0.1) is 0 Å². The van der Waals surface area contributed by atoms with Gasteiger partial charge in [0.05, 0.1) is 0 Å². The molecule has 0 saturated carbocycles. The molecule has 0 radical (unpaired) electrons. The van der Waals surface area contributed by atoms with Crippen molar-refractivity contribution in [2.45, 2.75) is 31.7 Å². The highest BCUT2D eigenvalue weighted by atomic mass is 16.2. The zero-order valence-corrected chi connectivity index (χ0v) is 13.5. The van der Waals surface area contributed by atoms with Gasteiger partial charge in [0.1, 0.15) is 11.0 Å². The standard InChI is InChI=1S/C19H20N4O/c24-19(15-9-11-17-18(13-15)21-22-20-17)23-12-4-7-16(23)10-8-14-5-2-1-3-6-14/h1-3,5-6,9,11,13,16H,4,7-8,10,12H2,(H,20,21,22)/t16-/m0/s1. The SMILES string of the molecule is O=C(c1ccc2n[nH]nc2c1)N1CCC[C@H]1CCc1ccccc1. The number of aromatic nitrogens is 3. The Kier molecular flexibility index (Phi) is 3.99. The summed E-state index contributed by atoms with van der Waals surface area (Å²) in [5, 5.41) is 10.7. The van der Waals surface area contributed by atoms with Crippen LogP contribution in [0.25, 0.3) is 11.0 Å². The summed E-state index contributed by atoms with van der Waals surface area (Å²) in [7, 11) is 0. The number of carbonyl (C=O) groups excluding carboxylic acids is 1. The summed E-state index contributed by atoms with van der Waals surface area (Å²) in [6.45, 7) is 0.842. The first-order valence-electron chi connectivity index (χ1n) is 8.47. The van der Waals surface area contributed by atoms with Gasteiger partial charge in [-0.1, -0.05) is 30.3 Å². The van der Waals surface area contributed by atoms with Gasteiger partial charge in [0.2, 0.25) is 0 Å². The maximum absolute atomic E-state index is 12.9. The van der Waals surface area contributed by atoms with Gasteiger partial charge in [-0.3, -0.25) is 4.79 Å². The Morgan fingerprint density at radius 2 is 1.96 bits per heavy atom. The van der Waals surface area contributed by atoms with Crippen molar-refractivity contribution in [3.63, 3.8) is 0 Å². The topological polar surface area (TPSA) is 61.9 Å². The number of fused-ring (bicyclic) bond motifs is 1. The number of likely N-dealkylation sites (tertiary alicyclic amines) is 1. The fraction of sp³-hybridized carbons (Fsp3) is 0.316. The van der Waals surface area contributed by atoms with E-state index in [1.165, 1.54) is 5.56 Å². The molecule has 5 nitrogen and oxygen atoms in total. The Balaban J connectivity index is 1.48. The van der Waals surface area contributed by atoms with Gasteiger partial charge in [-0.25, -0.2) is 0 Å². The maximum Gasteiger partial charge on any atom is 0.254 e. The van der Waals surface area contributed by atoms with E-state index >= 15 is 0 Å². The molecule has 3 aromatic rings. The van der Waals surface area contributed by atoms with Crippen molar-refractivity contribution in [2.75, 3.05) is 6.54 Å². The maximum atomic E-state index is 12.9. The van der Waals surface area contributed by atoms with Crippen molar-refractivity contribution in [1.82, 2.24) is 20.3 Å². The van der Waals surface area contributed by atoms with Crippen molar-refractivity contribution in [1.29, 1.82) is 0 Å². The van der Waals surface area contributed by atoms with Gasteiger partial charge < -0.3 is 4.90 Å². The molecule has 2 aromatic carbocycles. The number of hydrogen-bond acceptors (Lipinski definition) is 3. The molecule has 5 heteroatoms. The molecule has 0 aliphatic carbocycles. The molecular weight excluding hydrogens is 300 g/mol. The lowest BCUT2D eigenvalue weighted by Gasteiger charge is -2.25. The Bertz CT molecular complexity index is 843. The molecule has 0 unspecified atom stereocenters. The van der Waals surface area contributed by atoms with Crippen LogP contribution in [0.3, 0.4) is 0 Å². The first-order valence-corrected chi connectivity index (χ1v) is 8.47. The molecule has 1 aliphatic heterocycles. The van der Waals surface area contributed by atoms with E-state index in [0.29, 0.717) is 11.6 Å². The van der Waals surface area contributed by atoms with Crippen LogP contribution in [-0.2, 0) is 6.42 Å². The number of rotatable bonds is 4. The number of hydrogen-bond donors (Lipinski definition) is 1. The molecule has 0 spiro atoms. The van der Waals surface area contributed by atoms with Crippen LogP contribution >= 0.6 is 0 Å². The Morgan fingerprint density at radius 3 is 2.83 bits per heavy atom. The van der Waals surface area contributed by atoms with Gasteiger partial charge in [-0.2, -0.15) is 15.4 Å². The van der Waals surface area contributed by atoms with E-state index in [1.54, 1.807) is 0 Å². The van der Waals surface area contributed by atoms with E-state index < -0.39 is 0 Å². The molecule has 24 heavy (non-hydrogen) atoms. The molecule has 1 fully saturated rings. The first kappa shape index (κ1) is 14.9. The lowest BCUT2D eigenvalue weighted by Crippen LogP contribution is -2.35. The first-order chi connectivity index (χ1) is 11.8. The van der Waals surface area contributed by atoms with E-state index in [9.17, 15) is 4.79 Å². The number of amides is 1. The van der Waals surface area contributed by atoms with E-state index in [4.69, 9.17) is 0 Å². The Morgan fingerprint density at radius 1 is 1.12 bits per heavy atom. The van der Waals surface area contributed by atoms with Crippen molar-refractivity contribution in [3.8, 4) is 0 Å². The van der Waals surface area contributed by atoms with E-state index in [1.807, 2.05) is 29.2 Å². The van der Waals surface area contributed by atoms with E-state index in [2.05, 4.69) is 39.7 Å². The highest BCUT2D eigenvalue weighted by molar-refractivity contribution is 5.97. The highest BCUT2D eigenvalue weighted by Gasteiger charge is 2.29. The lowest BCUT2D eigenvalue weighted by molar-refractivity contribution is 0.0731. The van der Waals surface area contributed by atoms with Crippen LogP contribution in [0.2, 0.25) is 0 Å². The number of benzene rings is 2. The minimum absolute atomic E-state index is 0.107. The third-order valence-electron chi connectivity index (χ3n) is 4.81. The van der Waals surface area contributed by atoms with Gasteiger partial charge in [-0.15, -0.1) is 0 Å². The van der Waals surface area contributed by atoms with Crippen molar-refractivity contribution >= 4 is 16.9 Å².